The summed E-state index contributed by atoms with van der Waals surface area (Å²) in [4.78, 5) is 0. The van der Waals surface area contributed by atoms with Gasteiger partial charge in [-0.3, -0.25) is 0 Å². The summed E-state index contributed by atoms with van der Waals surface area (Å²) in [5.74, 6) is 0. The predicted molar refractivity (Wildman–Crippen MR) is 197 cm³/mol. The first-order valence-corrected chi connectivity index (χ1v) is 15.4. The Labute approximate surface area is 289 Å². The molecule has 0 unspecified atom stereocenters. The fourth-order valence-corrected chi connectivity index (χ4v) is 6.63. The van der Waals surface area contributed by atoms with Crippen molar-refractivity contribution in [1.82, 2.24) is 4.57 Å². The summed E-state index contributed by atoms with van der Waals surface area (Å²) in [5, 5.41) is 3.83. The van der Waals surface area contributed by atoms with Crippen LogP contribution in [0.5, 0.6) is 0 Å². The summed E-state index contributed by atoms with van der Waals surface area (Å²) in [6.45, 7) is 0. The fraction of sp³-hybridized carbons (Fsp3) is 0. The van der Waals surface area contributed by atoms with Gasteiger partial charge in [0.2, 0.25) is 0 Å². The van der Waals surface area contributed by atoms with E-state index in [2.05, 4.69) is 15.9 Å². The van der Waals surface area contributed by atoms with Crippen molar-refractivity contribution in [3.63, 3.8) is 0 Å². The van der Waals surface area contributed by atoms with Crippen molar-refractivity contribution in [2.24, 2.45) is 0 Å². The topological polar surface area (TPSA) is 4.93 Å². The maximum Gasteiger partial charge on any atom is 0.0651 e. The highest BCUT2D eigenvalue weighted by molar-refractivity contribution is 9.10. The number of nitrogens with zero attached hydrogens (tertiary/aromatic N) is 1. The summed E-state index contributed by atoms with van der Waals surface area (Å²) in [5.41, 5.74) is 1.54. The van der Waals surface area contributed by atoms with Gasteiger partial charge in [0.25, 0.3) is 0 Å². The largest absolute Gasteiger partial charge is 0.309 e. The van der Waals surface area contributed by atoms with E-state index in [4.69, 9.17) is 22.6 Å². The van der Waals surface area contributed by atoms with Crippen LogP contribution in [0.3, 0.4) is 0 Å². The van der Waals surface area contributed by atoms with Crippen LogP contribution in [-0.2, 0) is 0 Å². The molecule has 0 radical (unpaired) electrons. The summed E-state index contributed by atoms with van der Waals surface area (Å²) in [6, 6.07) is 27.3. The number of hydrogen-bond donors (Lipinski definition) is 0. The summed E-state index contributed by atoms with van der Waals surface area (Å²) < 4.78 is 91.2. The molecule has 0 N–H and O–H groups in total. The van der Waals surface area contributed by atoms with Gasteiger partial charge in [-0.25, -0.2) is 0 Å². The molecule has 8 rings (SSSR count). The van der Waals surface area contributed by atoms with Crippen molar-refractivity contribution in [1.29, 1.82) is 0 Å². The Morgan fingerprint density at radius 2 is 1.20 bits per heavy atom. The van der Waals surface area contributed by atoms with Crippen LogP contribution in [-0.4, -0.2) is 4.57 Å². The number of rotatable bonds is 3. The zero-order valence-corrected chi connectivity index (χ0v) is 25.9. The molecule has 1 aromatic heterocycles. The van der Waals surface area contributed by atoms with Gasteiger partial charge in [-0.1, -0.05) is 161 Å². The van der Waals surface area contributed by atoms with Crippen LogP contribution in [0.25, 0.3) is 71.3 Å². The zero-order valence-electron chi connectivity index (χ0n) is 33.5. The Morgan fingerprint density at radius 1 is 0.556 bits per heavy atom. The fourth-order valence-electron chi connectivity index (χ4n) is 5.97. The second kappa shape index (κ2) is 11.6. The Bertz CT molecular complexity index is 2990. The maximum absolute atomic E-state index is 9.90. The number of fused-ring (bicyclic) bond motifs is 7. The second-order valence-electron chi connectivity index (χ2n) is 10.4. The van der Waals surface area contributed by atoms with Gasteiger partial charge in [0.15, 0.2) is 0 Å². The SMILES string of the molecule is [2H]c1c([2H])c([2H])c(-c2c([2H])c(Br)cc(-n3c4c(-c5ccccc5)cccc4c4ccccc4c4ccccc4c4c(Cl)c([2H])c([2H])c([2H])c43)c2[2H])c([2H])c1[2H]. The molecular weight excluding hydrogens is 634 g/mol. The lowest BCUT2D eigenvalue weighted by Gasteiger charge is -2.19. The monoisotopic (exact) mass is 669 g/mol. The van der Waals surface area contributed by atoms with Crippen molar-refractivity contribution >= 4 is 70.9 Å². The summed E-state index contributed by atoms with van der Waals surface area (Å²) in [6.07, 6.45) is 0. The molecule has 0 atom stereocenters. The molecule has 8 aromatic rings. The molecule has 0 saturated heterocycles. The van der Waals surface area contributed by atoms with E-state index in [9.17, 15) is 2.74 Å². The van der Waals surface area contributed by atoms with Crippen LogP contribution in [0.1, 0.15) is 13.7 Å². The lowest BCUT2D eigenvalue weighted by Crippen LogP contribution is -2.01. The second-order valence-corrected chi connectivity index (χ2v) is 11.6. The molecule has 0 aliphatic carbocycles. The Kier molecular flexibility index (Phi) is 4.83. The molecule has 1 heterocycles. The lowest BCUT2D eigenvalue weighted by atomic mass is 9.98. The van der Waals surface area contributed by atoms with Crippen LogP contribution in [0.15, 0.2) is 168 Å². The van der Waals surface area contributed by atoms with E-state index in [0.29, 0.717) is 21.9 Å². The molecule has 0 amide bonds. The van der Waals surface area contributed by atoms with Crippen molar-refractivity contribution in [2.45, 2.75) is 0 Å². The van der Waals surface area contributed by atoms with Gasteiger partial charge < -0.3 is 4.57 Å². The van der Waals surface area contributed by atoms with Crippen LogP contribution in [0, 0.1) is 0 Å². The van der Waals surface area contributed by atoms with Gasteiger partial charge in [0.1, 0.15) is 0 Å². The van der Waals surface area contributed by atoms with Gasteiger partial charge in [-0.15, -0.1) is 0 Å². The van der Waals surface area contributed by atoms with E-state index in [1.165, 1.54) is 6.07 Å². The molecule has 3 heteroatoms. The highest BCUT2D eigenvalue weighted by Crippen LogP contribution is 2.40. The van der Waals surface area contributed by atoms with Crippen molar-refractivity contribution in [3.8, 4) is 27.9 Å². The van der Waals surface area contributed by atoms with Gasteiger partial charge in [-0.2, -0.15) is 0 Å². The average molecular weight is 671 g/mol. The molecule has 7 aromatic carbocycles. The van der Waals surface area contributed by atoms with E-state index in [0.717, 1.165) is 21.7 Å². The van der Waals surface area contributed by atoms with E-state index in [-0.39, 0.29) is 61.4 Å². The number of benzene rings is 7. The van der Waals surface area contributed by atoms with Crippen molar-refractivity contribution in [3.05, 3.63) is 173 Å². The molecule has 0 saturated carbocycles. The van der Waals surface area contributed by atoms with Gasteiger partial charge in [0, 0.05) is 26.5 Å². The van der Waals surface area contributed by atoms with Gasteiger partial charge in [0.05, 0.1) is 29.8 Å². The number of halogens is 2. The molecule has 0 spiro atoms. The lowest BCUT2D eigenvalue weighted by molar-refractivity contribution is 1.17. The summed E-state index contributed by atoms with van der Waals surface area (Å²) >= 11 is 10.7. The normalized spacial score (nSPS) is 14.4. The highest BCUT2D eigenvalue weighted by atomic mass is 79.9. The van der Waals surface area contributed by atoms with Crippen LogP contribution < -0.4 is 0 Å². The van der Waals surface area contributed by atoms with Crippen molar-refractivity contribution in [2.75, 3.05) is 0 Å². The van der Waals surface area contributed by atoms with E-state index >= 15 is 0 Å². The Morgan fingerprint density at radius 3 is 1.96 bits per heavy atom. The van der Waals surface area contributed by atoms with E-state index in [1.54, 1.807) is 4.57 Å². The molecule has 0 aliphatic rings. The summed E-state index contributed by atoms with van der Waals surface area (Å²) in [7, 11) is 0. The third-order valence-corrected chi connectivity index (χ3v) is 8.54. The molecule has 0 aliphatic heterocycles. The van der Waals surface area contributed by atoms with Crippen LogP contribution in [0.2, 0.25) is 5.02 Å². The Balaban J connectivity index is 1.80. The molecular formula is C42H27BrClN. The van der Waals surface area contributed by atoms with Crippen LogP contribution in [0.4, 0.5) is 0 Å². The first-order valence-electron chi connectivity index (χ1n) is 19.2. The van der Waals surface area contributed by atoms with Gasteiger partial charge in [-0.05, 0) is 68.5 Å². The van der Waals surface area contributed by atoms with E-state index in [1.807, 2.05) is 97.1 Å². The number of para-hydroxylation sites is 1. The van der Waals surface area contributed by atoms with Crippen molar-refractivity contribution < 1.29 is 13.7 Å². The third-order valence-electron chi connectivity index (χ3n) is 7.83. The minimum Gasteiger partial charge on any atom is -0.309 e. The van der Waals surface area contributed by atoms with Gasteiger partial charge >= 0.3 is 0 Å². The first kappa shape index (κ1) is 18.8. The molecule has 214 valence electrons. The first-order chi connectivity index (χ1) is 26.3. The number of aromatic nitrogens is 1. The third kappa shape index (κ3) is 4.88. The number of hydrogen-bond acceptors (Lipinski definition) is 0. The maximum atomic E-state index is 9.90. The highest BCUT2D eigenvalue weighted by Gasteiger charge is 2.16. The molecule has 0 bridgehead atoms. The zero-order chi connectivity index (χ0) is 39.0. The standard InChI is InChI=1S/C42H27BrClN/c43-31-25-30(28-13-3-1-4-14-28)26-32(27-31)45-40-24-12-23-39(44)41(40)37-20-10-9-18-35(37)34-17-7-8-19-36(34)38-22-11-21-33(42(38)45)29-15-5-2-6-16-29/h1-27H/i1D,3D,4D,12D,13D,14D,23D,24D,25D,26D. The predicted octanol–water partition coefficient (Wildman–Crippen LogP) is 13.0. The Hall–Kier alpha value is -4.89. The minimum atomic E-state index is -0.614. The minimum absolute atomic E-state index is 0.0640. The quantitative estimate of drug-likeness (QED) is 0.176. The average Bonchev–Trinajstić information content (AvgIpc) is 3.25. The molecule has 0 fully saturated rings. The van der Waals surface area contributed by atoms with E-state index < -0.39 is 36.3 Å². The molecule has 1 nitrogen and oxygen atoms in total. The smallest absolute Gasteiger partial charge is 0.0651 e. The van der Waals surface area contributed by atoms with Crippen LogP contribution >= 0.6 is 27.5 Å². The molecule has 45 heavy (non-hydrogen) atoms.